The molecule has 142 valence electrons. The van der Waals surface area contributed by atoms with E-state index in [0.717, 1.165) is 19.0 Å². The van der Waals surface area contributed by atoms with Crippen LogP contribution in [0, 0.1) is 0 Å². The van der Waals surface area contributed by atoms with Crippen molar-refractivity contribution in [1.29, 1.82) is 0 Å². The molecule has 1 heterocycles. The summed E-state index contributed by atoms with van der Waals surface area (Å²) in [4.78, 5) is 20.7. The van der Waals surface area contributed by atoms with Gasteiger partial charge in [0.15, 0.2) is 5.96 Å². The Hall–Kier alpha value is -2.89. The van der Waals surface area contributed by atoms with E-state index in [-0.39, 0.29) is 11.3 Å². The minimum atomic E-state index is -0.118. The molecule has 0 bridgehead atoms. The van der Waals surface area contributed by atoms with E-state index in [0.29, 0.717) is 18.7 Å². The van der Waals surface area contributed by atoms with Crippen molar-refractivity contribution in [2.75, 3.05) is 26.2 Å². The Morgan fingerprint density at radius 1 is 1.07 bits per heavy atom. The van der Waals surface area contributed by atoms with Gasteiger partial charge in [0, 0.05) is 37.4 Å². The molecule has 6 heteroatoms. The van der Waals surface area contributed by atoms with E-state index in [9.17, 15) is 4.79 Å². The van der Waals surface area contributed by atoms with Gasteiger partial charge in [-0.25, -0.2) is 0 Å². The molecule has 0 unspecified atom stereocenters. The normalized spacial score (nSPS) is 15.1. The first-order valence-corrected chi connectivity index (χ1v) is 9.49. The van der Waals surface area contributed by atoms with Crippen LogP contribution in [0.25, 0.3) is 0 Å². The van der Waals surface area contributed by atoms with E-state index in [4.69, 9.17) is 4.99 Å². The summed E-state index contributed by atoms with van der Waals surface area (Å²) in [6.45, 7) is 4.74. The fourth-order valence-electron chi connectivity index (χ4n) is 3.01. The van der Waals surface area contributed by atoms with Crippen molar-refractivity contribution in [1.82, 2.24) is 20.9 Å². The van der Waals surface area contributed by atoms with Gasteiger partial charge in [0.25, 0.3) is 5.91 Å². The summed E-state index contributed by atoms with van der Waals surface area (Å²) in [7, 11) is 0. The topological polar surface area (TPSA) is 78.4 Å². The smallest absolute Gasteiger partial charge is 0.252 e. The number of carbonyl (C=O) groups excluding carboxylic acids is 1. The van der Waals surface area contributed by atoms with Crippen molar-refractivity contribution in [3.8, 4) is 0 Å². The maximum absolute atomic E-state index is 12.0. The molecule has 3 N–H and O–H groups in total. The van der Waals surface area contributed by atoms with Crippen LogP contribution >= 0.6 is 0 Å². The third-order valence-electron chi connectivity index (χ3n) is 4.75. The first kappa shape index (κ1) is 18.9. The maximum atomic E-state index is 12.0. The van der Waals surface area contributed by atoms with Crippen molar-refractivity contribution in [2.24, 2.45) is 4.99 Å². The molecule has 2 aromatic rings. The number of hydrogen-bond acceptors (Lipinski definition) is 3. The van der Waals surface area contributed by atoms with Gasteiger partial charge in [-0.3, -0.25) is 14.8 Å². The van der Waals surface area contributed by atoms with Crippen molar-refractivity contribution < 1.29 is 4.79 Å². The Morgan fingerprint density at radius 2 is 1.85 bits per heavy atom. The second-order valence-electron chi connectivity index (χ2n) is 6.77. The predicted octanol–water partition coefficient (Wildman–Crippen LogP) is 2.10. The minimum Gasteiger partial charge on any atom is -0.357 e. The number of guanidine groups is 1. The average Bonchev–Trinajstić information content (AvgIpc) is 3.51. The summed E-state index contributed by atoms with van der Waals surface area (Å²) >= 11 is 0. The third kappa shape index (κ3) is 5.29. The Kier molecular flexibility index (Phi) is 6.41. The quantitative estimate of drug-likeness (QED) is 0.380. The number of pyridine rings is 1. The molecule has 0 radical (unpaired) electrons. The van der Waals surface area contributed by atoms with E-state index in [1.54, 1.807) is 24.5 Å². The number of nitrogens with one attached hydrogen (secondary N) is 3. The Labute approximate surface area is 160 Å². The van der Waals surface area contributed by atoms with E-state index in [1.807, 2.05) is 13.0 Å². The zero-order valence-electron chi connectivity index (χ0n) is 15.7. The molecule has 1 aliphatic rings. The number of benzene rings is 1. The molecule has 0 spiro atoms. The lowest BCUT2D eigenvalue weighted by Gasteiger charge is -2.16. The SMILES string of the molecule is CCNC(=NCC1(c2ccccc2)CC1)NCCNC(=O)c1cccnc1. The van der Waals surface area contributed by atoms with Crippen LogP contribution in [0.2, 0.25) is 0 Å². The number of aliphatic imine (C=N–C) groups is 1. The Balaban J connectivity index is 1.48. The molecule has 0 atom stereocenters. The molecule has 1 saturated carbocycles. The van der Waals surface area contributed by atoms with E-state index in [1.165, 1.54) is 18.4 Å². The number of rotatable bonds is 8. The van der Waals surface area contributed by atoms with Crippen LogP contribution in [0.15, 0.2) is 59.9 Å². The minimum absolute atomic E-state index is 0.118. The van der Waals surface area contributed by atoms with Gasteiger partial charge in [0.1, 0.15) is 0 Å². The second-order valence-corrected chi connectivity index (χ2v) is 6.77. The number of amides is 1. The van der Waals surface area contributed by atoms with Crippen molar-refractivity contribution in [2.45, 2.75) is 25.2 Å². The van der Waals surface area contributed by atoms with Crippen molar-refractivity contribution in [3.63, 3.8) is 0 Å². The molecule has 27 heavy (non-hydrogen) atoms. The summed E-state index contributed by atoms with van der Waals surface area (Å²) in [5.74, 6) is 0.670. The highest BCUT2D eigenvalue weighted by molar-refractivity contribution is 5.93. The van der Waals surface area contributed by atoms with Crippen LogP contribution in [0.3, 0.4) is 0 Å². The van der Waals surface area contributed by atoms with E-state index in [2.05, 4.69) is 45.2 Å². The van der Waals surface area contributed by atoms with Crippen LogP contribution < -0.4 is 16.0 Å². The second kappa shape index (κ2) is 9.16. The average molecular weight is 365 g/mol. The maximum Gasteiger partial charge on any atom is 0.252 e. The molecule has 1 aliphatic carbocycles. The zero-order valence-corrected chi connectivity index (χ0v) is 15.7. The highest BCUT2D eigenvalue weighted by atomic mass is 16.1. The molecular weight excluding hydrogens is 338 g/mol. The van der Waals surface area contributed by atoms with Gasteiger partial charge < -0.3 is 16.0 Å². The molecule has 1 amide bonds. The Bertz CT molecular complexity index is 757. The van der Waals surface area contributed by atoms with Gasteiger partial charge in [-0.05, 0) is 37.5 Å². The largest absolute Gasteiger partial charge is 0.357 e. The monoisotopic (exact) mass is 365 g/mol. The Morgan fingerprint density at radius 3 is 2.52 bits per heavy atom. The van der Waals surface area contributed by atoms with Crippen LogP contribution in [-0.2, 0) is 5.41 Å². The fourth-order valence-corrected chi connectivity index (χ4v) is 3.01. The molecule has 1 fully saturated rings. The summed E-state index contributed by atoms with van der Waals surface area (Å²) in [6, 6.07) is 14.1. The first-order valence-electron chi connectivity index (χ1n) is 9.49. The van der Waals surface area contributed by atoms with Gasteiger partial charge in [0.05, 0.1) is 12.1 Å². The predicted molar refractivity (Wildman–Crippen MR) is 108 cm³/mol. The highest BCUT2D eigenvalue weighted by Crippen LogP contribution is 2.48. The summed E-state index contributed by atoms with van der Waals surface area (Å²) in [5.41, 5.74) is 2.13. The molecule has 6 nitrogen and oxygen atoms in total. The molecule has 0 saturated heterocycles. The van der Waals surface area contributed by atoms with E-state index >= 15 is 0 Å². The van der Waals surface area contributed by atoms with Gasteiger partial charge in [0.2, 0.25) is 0 Å². The third-order valence-corrected chi connectivity index (χ3v) is 4.75. The molecule has 0 aliphatic heterocycles. The van der Waals surface area contributed by atoms with Gasteiger partial charge in [-0.1, -0.05) is 30.3 Å². The summed E-state index contributed by atoms with van der Waals surface area (Å²) in [6.07, 6.45) is 5.58. The van der Waals surface area contributed by atoms with Gasteiger partial charge in [-0.2, -0.15) is 0 Å². The lowest BCUT2D eigenvalue weighted by atomic mass is 9.96. The molecule has 3 rings (SSSR count). The lowest BCUT2D eigenvalue weighted by molar-refractivity contribution is 0.0954. The van der Waals surface area contributed by atoms with Gasteiger partial charge in [-0.15, -0.1) is 0 Å². The van der Waals surface area contributed by atoms with Crippen molar-refractivity contribution >= 4 is 11.9 Å². The zero-order chi connectivity index (χ0) is 19.0. The summed E-state index contributed by atoms with van der Waals surface area (Å²) < 4.78 is 0. The van der Waals surface area contributed by atoms with E-state index < -0.39 is 0 Å². The fraction of sp³-hybridized carbons (Fsp3) is 0.381. The molecule has 1 aromatic heterocycles. The number of hydrogen-bond donors (Lipinski definition) is 3. The van der Waals surface area contributed by atoms with Crippen LogP contribution in [-0.4, -0.2) is 43.0 Å². The first-order chi connectivity index (χ1) is 13.2. The van der Waals surface area contributed by atoms with Crippen LogP contribution in [0.5, 0.6) is 0 Å². The number of nitrogens with zero attached hydrogens (tertiary/aromatic N) is 2. The number of aromatic nitrogens is 1. The lowest BCUT2D eigenvalue weighted by Crippen LogP contribution is -2.42. The standard InChI is InChI=1S/C21H27N5O/c1-2-23-20(25-14-13-24-19(27)17-7-6-12-22-15-17)26-16-21(10-11-21)18-8-4-3-5-9-18/h3-9,12,15H,2,10-11,13-14,16H2,1H3,(H,24,27)(H2,23,25,26). The van der Waals surface area contributed by atoms with Crippen LogP contribution in [0.4, 0.5) is 0 Å². The highest BCUT2D eigenvalue weighted by Gasteiger charge is 2.43. The molecule has 1 aromatic carbocycles. The van der Waals surface area contributed by atoms with Gasteiger partial charge >= 0.3 is 0 Å². The van der Waals surface area contributed by atoms with Crippen LogP contribution in [0.1, 0.15) is 35.7 Å². The molecular formula is C21H27N5O. The number of carbonyl (C=O) groups is 1. The summed E-state index contributed by atoms with van der Waals surface area (Å²) in [5, 5.41) is 9.44. The van der Waals surface area contributed by atoms with Crippen molar-refractivity contribution in [3.05, 3.63) is 66.0 Å².